The van der Waals surface area contributed by atoms with Crippen molar-refractivity contribution >= 4 is 5.91 Å². The van der Waals surface area contributed by atoms with Gasteiger partial charge in [-0.3, -0.25) is 4.79 Å². The van der Waals surface area contributed by atoms with Crippen LogP contribution >= 0.6 is 0 Å². The smallest absolute Gasteiger partial charge is 0.228 e. The fourth-order valence-corrected chi connectivity index (χ4v) is 3.17. The normalized spacial score (nSPS) is 18.6. The molecule has 0 spiro atoms. The van der Waals surface area contributed by atoms with Crippen LogP contribution in [-0.4, -0.2) is 37.0 Å². The Hall–Kier alpha value is -0.570. The Balaban J connectivity index is 2.75. The maximum atomic E-state index is 12.9. The summed E-state index contributed by atoms with van der Waals surface area (Å²) in [7, 11) is 0. The third-order valence-corrected chi connectivity index (χ3v) is 4.99. The second-order valence-electron chi connectivity index (χ2n) is 5.91. The van der Waals surface area contributed by atoms with Crippen LogP contribution in [0.4, 0.5) is 0 Å². The summed E-state index contributed by atoms with van der Waals surface area (Å²) >= 11 is 0. The van der Waals surface area contributed by atoms with Gasteiger partial charge in [-0.05, 0) is 45.2 Å². The highest BCUT2D eigenvalue weighted by atomic mass is 16.2. The highest BCUT2D eigenvalue weighted by Gasteiger charge is 2.40. The van der Waals surface area contributed by atoms with E-state index in [9.17, 15) is 4.79 Å². The first kappa shape index (κ1) is 16.5. The monoisotopic (exact) mass is 268 g/mol. The van der Waals surface area contributed by atoms with E-state index in [2.05, 4.69) is 37.9 Å². The van der Waals surface area contributed by atoms with Gasteiger partial charge in [0.1, 0.15) is 0 Å². The predicted octanol–water partition coefficient (Wildman–Crippen LogP) is 3.05. The number of piperidine rings is 1. The van der Waals surface area contributed by atoms with Crippen molar-refractivity contribution in [3.8, 4) is 0 Å². The second kappa shape index (κ2) is 7.88. The molecule has 112 valence electrons. The molecule has 0 atom stereocenters. The van der Waals surface area contributed by atoms with Gasteiger partial charge < -0.3 is 10.2 Å². The van der Waals surface area contributed by atoms with Crippen LogP contribution in [0.15, 0.2) is 0 Å². The molecule has 0 aliphatic carbocycles. The average Bonchev–Trinajstić information content (AvgIpc) is 2.48. The van der Waals surface area contributed by atoms with Crippen LogP contribution < -0.4 is 5.32 Å². The molecule has 1 saturated heterocycles. The Bertz CT molecular complexity index is 268. The minimum Gasteiger partial charge on any atom is -0.342 e. The molecular weight excluding hydrogens is 236 g/mol. The lowest BCUT2D eigenvalue weighted by Crippen LogP contribution is -2.50. The van der Waals surface area contributed by atoms with E-state index in [1.165, 1.54) is 12.8 Å². The van der Waals surface area contributed by atoms with Gasteiger partial charge in [0.25, 0.3) is 0 Å². The Morgan fingerprint density at radius 3 is 2.16 bits per heavy atom. The fraction of sp³-hybridized carbons (Fsp3) is 0.938. The molecule has 19 heavy (non-hydrogen) atoms. The van der Waals surface area contributed by atoms with Gasteiger partial charge >= 0.3 is 0 Å². The van der Waals surface area contributed by atoms with E-state index in [1.54, 1.807) is 0 Å². The third kappa shape index (κ3) is 3.95. The summed E-state index contributed by atoms with van der Waals surface area (Å²) in [4.78, 5) is 15.1. The van der Waals surface area contributed by atoms with Gasteiger partial charge in [-0.25, -0.2) is 0 Å². The lowest BCUT2D eigenvalue weighted by atomic mass is 9.75. The maximum Gasteiger partial charge on any atom is 0.228 e. The number of nitrogens with zero attached hydrogens (tertiary/aromatic N) is 1. The molecule has 0 unspecified atom stereocenters. The SMILES string of the molecule is CCC(CC)CN(CC)C(=O)C1(CC)CCNCC1. The van der Waals surface area contributed by atoms with Gasteiger partial charge in [0.15, 0.2) is 0 Å². The van der Waals surface area contributed by atoms with Crippen molar-refractivity contribution in [3.63, 3.8) is 0 Å². The van der Waals surface area contributed by atoms with Gasteiger partial charge in [-0.15, -0.1) is 0 Å². The lowest BCUT2D eigenvalue weighted by Gasteiger charge is -2.40. The van der Waals surface area contributed by atoms with E-state index in [4.69, 9.17) is 0 Å². The number of carbonyl (C=O) groups excluding carboxylic acids is 1. The molecule has 1 aliphatic heterocycles. The summed E-state index contributed by atoms with van der Waals surface area (Å²) in [6.07, 6.45) is 5.32. The zero-order valence-corrected chi connectivity index (χ0v) is 13.3. The number of amides is 1. The molecule has 1 N–H and O–H groups in total. The molecule has 1 aliphatic rings. The van der Waals surface area contributed by atoms with Gasteiger partial charge in [0.05, 0.1) is 5.41 Å². The van der Waals surface area contributed by atoms with Crippen LogP contribution in [-0.2, 0) is 4.79 Å². The Kier molecular flexibility index (Phi) is 6.84. The van der Waals surface area contributed by atoms with E-state index < -0.39 is 0 Å². The van der Waals surface area contributed by atoms with Crippen LogP contribution in [0.1, 0.15) is 59.8 Å². The van der Waals surface area contributed by atoms with Crippen molar-refractivity contribution in [1.29, 1.82) is 0 Å². The van der Waals surface area contributed by atoms with Crippen molar-refractivity contribution in [1.82, 2.24) is 10.2 Å². The molecule has 1 amide bonds. The summed E-state index contributed by atoms with van der Waals surface area (Å²) in [5, 5.41) is 3.38. The van der Waals surface area contributed by atoms with E-state index in [-0.39, 0.29) is 5.41 Å². The van der Waals surface area contributed by atoms with Crippen molar-refractivity contribution in [2.24, 2.45) is 11.3 Å². The van der Waals surface area contributed by atoms with Crippen LogP contribution in [0.25, 0.3) is 0 Å². The summed E-state index contributed by atoms with van der Waals surface area (Å²) in [6, 6.07) is 0. The summed E-state index contributed by atoms with van der Waals surface area (Å²) in [5.41, 5.74) is -0.0900. The average molecular weight is 268 g/mol. The number of carbonyl (C=O) groups is 1. The van der Waals surface area contributed by atoms with E-state index in [0.29, 0.717) is 11.8 Å². The third-order valence-electron chi connectivity index (χ3n) is 4.99. The van der Waals surface area contributed by atoms with Crippen molar-refractivity contribution in [3.05, 3.63) is 0 Å². The minimum atomic E-state index is -0.0900. The first-order valence-electron chi connectivity index (χ1n) is 8.13. The van der Waals surface area contributed by atoms with E-state index in [0.717, 1.165) is 45.4 Å². The quantitative estimate of drug-likeness (QED) is 0.769. The molecule has 0 bridgehead atoms. The highest BCUT2D eigenvalue weighted by Crippen LogP contribution is 2.35. The number of hydrogen-bond donors (Lipinski definition) is 1. The zero-order chi connectivity index (χ0) is 14.3. The molecule has 3 nitrogen and oxygen atoms in total. The van der Waals surface area contributed by atoms with Gasteiger partial charge in [0.2, 0.25) is 5.91 Å². The first-order chi connectivity index (χ1) is 9.13. The summed E-state index contributed by atoms with van der Waals surface area (Å²) in [5.74, 6) is 1.06. The van der Waals surface area contributed by atoms with Gasteiger partial charge in [0, 0.05) is 13.1 Å². The van der Waals surface area contributed by atoms with E-state index in [1.807, 2.05) is 0 Å². The summed E-state index contributed by atoms with van der Waals surface area (Å²) in [6.45, 7) is 12.5. The first-order valence-corrected chi connectivity index (χ1v) is 8.13. The molecule has 1 rings (SSSR count). The second-order valence-corrected chi connectivity index (χ2v) is 5.91. The predicted molar refractivity (Wildman–Crippen MR) is 81.2 cm³/mol. The number of hydrogen-bond acceptors (Lipinski definition) is 2. The van der Waals surface area contributed by atoms with Crippen molar-refractivity contribution in [2.45, 2.75) is 59.8 Å². The molecule has 0 saturated carbocycles. The Morgan fingerprint density at radius 2 is 1.74 bits per heavy atom. The highest BCUT2D eigenvalue weighted by molar-refractivity contribution is 5.82. The van der Waals surface area contributed by atoms with Gasteiger partial charge in [-0.1, -0.05) is 33.6 Å². The standard InChI is InChI=1S/C16H32N2O/c1-5-14(6-2)13-18(8-4)15(19)16(7-3)9-11-17-12-10-16/h14,17H,5-13H2,1-4H3. The fourth-order valence-electron chi connectivity index (χ4n) is 3.17. The van der Waals surface area contributed by atoms with Crippen LogP contribution in [0, 0.1) is 11.3 Å². The zero-order valence-electron chi connectivity index (χ0n) is 13.3. The molecule has 1 heterocycles. The van der Waals surface area contributed by atoms with Crippen molar-refractivity contribution < 1.29 is 4.79 Å². The molecule has 3 heteroatoms. The van der Waals surface area contributed by atoms with Gasteiger partial charge in [-0.2, -0.15) is 0 Å². The van der Waals surface area contributed by atoms with Crippen LogP contribution in [0.2, 0.25) is 0 Å². The summed E-state index contributed by atoms with van der Waals surface area (Å²) < 4.78 is 0. The maximum absolute atomic E-state index is 12.9. The topological polar surface area (TPSA) is 32.3 Å². The Morgan fingerprint density at radius 1 is 1.16 bits per heavy atom. The molecule has 1 fully saturated rings. The Labute approximate surface area is 119 Å². The molecular formula is C16H32N2O. The molecule has 0 aromatic carbocycles. The largest absolute Gasteiger partial charge is 0.342 e. The van der Waals surface area contributed by atoms with Crippen LogP contribution in [0.5, 0.6) is 0 Å². The number of nitrogens with one attached hydrogen (secondary N) is 1. The van der Waals surface area contributed by atoms with Crippen LogP contribution in [0.3, 0.4) is 0 Å². The van der Waals surface area contributed by atoms with Crippen molar-refractivity contribution in [2.75, 3.05) is 26.2 Å². The molecule has 0 aromatic rings. The number of rotatable bonds is 7. The minimum absolute atomic E-state index is 0.0900. The van der Waals surface area contributed by atoms with E-state index >= 15 is 0 Å². The molecule has 0 aromatic heterocycles. The lowest BCUT2D eigenvalue weighted by molar-refractivity contribution is -0.144. The molecule has 0 radical (unpaired) electrons.